The fourth-order valence-corrected chi connectivity index (χ4v) is 3.74. The summed E-state index contributed by atoms with van der Waals surface area (Å²) in [7, 11) is 1.88. The van der Waals surface area contributed by atoms with E-state index in [1.165, 1.54) is 32.2 Å². The highest BCUT2D eigenvalue weighted by atomic mass is 127. The van der Waals surface area contributed by atoms with E-state index in [0.717, 1.165) is 64.4 Å². The van der Waals surface area contributed by atoms with Gasteiger partial charge in [0, 0.05) is 59.5 Å². The Balaban J connectivity index is 0.00000208. The zero-order valence-electron chi connectivity index (χ0n) is 14.9. The molecule has 3 aliphatic heterocycles. The van der Waals surface area contributed by atoms with Crippen LogP contribution in [-0.2, 0) is 9.47 Å². The first kappa shape index (κ1) is 20.2. The Morgan fingerprint density at radius 3 is 2.58 bits per heavy atom. The number of rotatable bonds is 4. The first-order valence-electron chi connectivity index (χ1n) is 9.22. The van der Waals surface area contributed by atoms with Gasteiger partial charge in [0.1, 0.15) is 0 Å². The number of guanidine groups is 1. The minimum absolute atomic E-state index is 0. The van der Waals surface area contributed by atoms with Gasteiger partial charge < -0.3 is 19.7 Å². The van der Waals surface area contributed by atoms with E-state index < -0.39 is 0 Å². The average molecular weight is 452 g/mol. The summed E-state index contributed by atoms with van der Waals surface area (Å²) in [5.41, 5.74) is 0. The summed E-state index contributed by atoms with van der Waals surface area (Å²) < 4.78 is 11.3. The number of ether oxygens (including phenoxy) is 2. The van der Waals surface area contributed by atoms with Crippen molar-refractivity contribution in [3.63, 3.8) is 0 Å². The van der Waals surface area contributed by atoms with E-state index in [-0.39, 0.29) is 24.0 Å². The first-order chi connectivity index (χ1) is 11.3. The minimum atomic E-state index is 0. The van der Waals surface area contributed by atoms with Crippen molar-refractivity contribution in [3.8, 4) is 0 Å². The molecule has 2 unspecified atom stereocenters. The van der Waals surface area contributed by atoms with Crippen LogP contribution >= 0.6 is 24.0 Å². The zero-order valence-corrected chi connectivity index (χ0v) is 17.2. The van der Waals surface area contributed by atoms with Crippen molar-refractivity contribution in [1.82, 2.24) is 15.1 Å². The van der Waals surface area contributed by atoms with Gasteiger partial charge >= 0.3 is 0 Å². The van der Waals surface area contributed by atoms with Gasteiger partial charge in [0.15, 0.2) is 5.96 Å². The number of hydrogen-bond acceptors (Lipinski definition) is 4. The molecule has 0 radical (unpaired) electrons. The zero-order chi connectivity index (χ0) is 15.9. The fraction of sp³-hybridized carbons (Fsp3) is 0.941. The minimum Gasteiger partial charge on any atom is -0.381 e. The van der Waals surface area contributed by atoms with Crippen molar-refractivity contribution in [2.45, 2.75) is 31.8 Å². The van der Waals surface area contributed by atoms with E-state index in [1.54, 1.807) is 0 Å². The number of piperazine rings is 1. The van der Waals surface area contributed by atoms with Crippen LogP contribution in [0.5, 0.6) is 0 Å². The topological polar surface area (TPSA) is 49.3 Å². The lowest BCUT2D eigenvalue weighted by atomic mass is 10.1. The van der Waals surface area contributed by atoms with Crippen LogP contribution in [0, 0.1) is 5.92 Å². The maximum Gasteiger partial charge on any atom is 0.193 e. The van der Waals surface area contributed by atoms with Gasteiger partial charge in [-0.25, -0.2) is 0 Å². The lowest BCUT2D eigenvalue weighted by molar-refractivity contribution is 0.0189. The lowest BCUT2D eigenvalue weighted by Crippen LogP contribution is -2.54. The smallest absolute Gasteiger partial charge is 0.193 e. The predicted octanol–water partition coefficient (Wildman–Crippen LogP) is 1.40. The van der Waals surface area contributed by atoms with Crippen LogP contribution in [0.15, 0.2) is 4.99 Å². The Bertz CT molecular complexity index is 377. The molecular formula is C17H33IN4O2. The average Bonchev–Trinajstić information content (AvgIpc) is 3.11. The quantitative estimate of drug-likeness (QED) is 0.397. The van der Waals surface area contributed by atoms with Crippen molar-refractivity contribution in [2.24, 2.45) is 10.9 Å². The molecule has 0 aromatic rings. The molecule has 0 aromatic heterocycles. The second kappa shape index (κ2) is 10.8. The van der Waals surface area contributed by atoms with E-state index in [4.69, 9.17) is 9.47 Å². The molecule has 3 saturated heterocycles. The molecule has 0 amide bonds. The Morgan fingerprint density at radius 1 is 1.12 bits per heavy atom. The van der Waals surface area contributed by atoms with Crippen LogP contribution in [0.3, 0.4) is 0 Å². The van der Waals surface area contributed by atoms with Crippen LogP contribution in [0.25, 0.3) is 0 Å². The molecular weight excluding hydrogens is 419 g/mol. The van der Waals surface area contributed by atoms with E-state index in [1.807, 2.05) is 7.05 Å². The summed E-state index contributed by atoms with van der Waals surface area (Å²) in [4.78, 5) is 9.42. The number of nitrogens with zero attached hydrogens (tertiary/aromatic N) is 3. The van der Waals surface area contributed by atoms with Gasteiger partial charge in [-0.3, -0.25) is 9.89 Å². The van der Waals surface area contributed by atoms with Crippen molar-refractivity contribution >= 4 is 29.9 Å². The van der Waals surface area contributed by atoms with Gasteiger partial charge in [-0.15, -0.1) is 24.0 Å². The van der Waals surface area contributed by atoms with Gasteiger partial charge in [0.05, 0.1) is 12.7 Å². The van der Waals surface area contributed by atoms with Crippen LogP contribution in [0.4, 0.5) is 0 Å². The molecule has 140 valence electrons. The Labute approximate surface area is 163 Å². The summed E-state index contributed by atoms with van der Waals surface area (Å²) in [5, 5.41) is 3.51. The summed E-state index contributed by atoms with van der Waals surface area (Å²) in [6.45, 7) is 9.23. The first-order valence-corrected chi connectivity index (χ1v) is 9.22. The molecule has 0 aliphatic carbocycles. The third-order valence-electron chi connectivity index (χ3n) is 5.19. The van der Waals surface area contributed by atoms with Gasteiger partial charge in [-0.1, -0.05) is 0 Å². The van der Waals surface area contributed by atoms with Crippen LogP contribution in [0.2, 0.25) is 0 Å². The van der Waals surface area contributed by atoms with Crippen molar-refractivity contribution < 1.29 is 9.47 Å². The van der Waals surface area contributed by atoms with Crippen molar-refractivity contribution in [1.29, 1.82) is 0 Å². The third kappa shape index (κ3) is 6.00. The monoisotopic (exact) mass is 452 g/mol. The van der Waals surface area contributed by atoms with E-state index >= 15 is 0 Å². The molecule has 7 heteroatoms. The highest BCUT2D eigenvalue weighted by Gasteiger charge is 2.24. The number of nitrogens with one attached hydrogen (secondary N) is 1. The molecule has 6 nitrogen and oxygen atoms in total. The van der Waals surface area contributed by atoms with Crippen LogP contribution in [-0.4, -0.2) is 88.0 Å². The highest BCUT2D eigenvalue weighted by molar-refractivity contribution is 14.0. The number of aliphatic imine (C=N–C) groups is 1. The van der Waals surface area contributed by atoms with Crippen LogP contribution in [0.1, 0.15) is 25.7 Å². The maximum atomic E-state index is 5.80. The molecule has 24 heavy (non-hydrogen) atoms. The molecule has 0 spiro atoms. The molecule has 3 fully saturated rings. The van der Waals surface area contributed by atoms with Gasteiger partial charge in [0.25, 0.3) is 0 Å². The standard InChI is InChI=1S/C17H32N4O2.HI/c1-18-17(19-12-16-4-2-3-10-23-16)21-8-6-20(7-9-21)13-15-5-11-22-14-15;/h15-16H,2-14H2,1H3,(H,18,19);1H. The van der Waals surface area contributed by atoms with Crippen LogP contribution < -0.4 is 5.32 Å². The SMILES string of the molecule is CN=C(NCC1CCCCO1)N1CCN(CC2CCOC2)CC1.I. The summed E-state index contributed by atoms with van der Waals surface area (Å²) in [6.07, 6.45) is 5.24. The van der Waals surface area contributed by atoms with E-state index in [9.17, 15) is 0 Å². The van der Waals surface area contributed by atoms with Gasteiger partial charge in [-0.05, 0) is 31.6 Å². The Hall–Kier alpha value is -0.120. The Kier molecular flexibility index (Phi) is 9.07. The molecule has 3 heterocycles. The van der Waals surface area contributed by atoms with Gasteiger partial charge in [0.2, 0.25) is 0 Å². The molecule has 0 aromatic carbocycles. The molecule has 0 saturated carbocycles. The lowest BCUT2D eigenvalue weighted by Gasteiger charge is -2.37. The molecule has 3 aliphatic rings. The fourth-order valence-electron chi connectivity index (χ4n) is 3.74. The number of halogens is 1. The second-order valence-corrected chi connectivity index (χ2v) is 6.93. The summed E-state index contributed by atoms with van der Waals surface area (Å²) in [6, 6.07) is 0. The Morgan fingerprint density at radius 2 is 1.96 bits per heavy atom. The summed E-state index contributed by atoms with van der Waals surface area (Å²) in [5.74, 6) is 1.77. The van der Waals surface area contributed by atoms with Crippen molar-refractivity contribution in [3.05, 3.63) is 0 Å². The third-order valence-corrected chi connectivity index (χ3v) is 5.19. The number of hydrogen-bond donors (Lipinski definition) is 1. The highest BCUT2D eigenvalue weighted by Crippen LogP contribution is 2.15. The molecule has 0 bridgehead atoms. The summed E-state index contributed by atoms with van der Waals surface area (Å²) >= 11 is 0. The second-order valence-electron chi connectivity index (χ2n) is 6.93. The van der Waals surface area contributed by atoms with Crippen molar-refractivity contribution in [2.75, 3.05) is 66.1 Å². The maximum absolute atomic E-state index is 5.80. The van der Waals surface area contributed by atoms with E-state index in [2.05, 4.69) is 20.1 Å². The molecule has 1 N–H and O–H groups in total. The molecule has 3 rings (SSSR count). The predicted molar refractivity (Wildman–Crippen MR) is 107 cm³/mol. The molecule has 2 atom stereocenters. The largest absolute Gasteiger partial charge is 0.381 e. The van der Waals surface area contributed by atoms with E-state index in [0.29, 0.717) is 6.10 Å². The van der Waals surface area contributed by atoms with Gasteiger partial charge in [-0.2, -0.15) is 0 Å². The normalized spacial score (nSPS) is 29.4.